The van der Waals surface area contributed by atoms with Crippen LogP contribution in [-0.4, -0.2) is 37.1 Å². The van der Waals surface area contributed by atoms with Gasteiger partial charge in [0.1, 0.15) is 11.7 Å². The highest BCUT2D eigenvalue weighted by atomic mass is 16.5. The van der Waals surface area contributed by atoms with Gasteiger partial charge in [-0.2, -0.15) is 0 Å². The molecule has 0 aliphatic carbocycles. The molecular formula is C12H18N4O. The Morgan fingerprint density at radius 2 is 2.41 bits per heavy atom. The van der Waals surface area contributed by atoms with Crippen LogP contribution in [0.4, 0.5) is 5.82 Å². The molecule has 0 radical (unpaired) electrons. The molecule has 1 aromatic heterocycles. The van der Waals surface area contributed by atoms with E-state index in [1.54, 1.807) is 13.3 Å². The van der Waals surface area contributed by atoms with Gasteiger partial charge in [0.05, 0.1) is 6.10 Å². The number of nitrogens with one attached hydrogen (secondary N) is 1. The Labute approximate surface area is 101 Å². The van der Waals surface area contributed by atoms with Crippen LogP contribution in [0.1, 0.15) is 18.4 Å². The molecule has 2 heterocycles. The largest absolute Gasteiger partial charge is 0.384 e. The molecular weight excluding hydrogens is 216 g/mol. The molecule has 0 amide bonds. The summed E-state index contributed by atoms with van der Waals surface area (Å²) < 4.78 is 5.38. The van der Waals surface area contributed by atoms with Crippen LogP contribution in [0, 0.1) is 5.41 Å². The summed E-state index contributed by atoms with van der Waals surface area (Å²) in [5.74, 6) is 0.981. The zero-order valence-corrected chi connectivity index (χ0v) is 10.0. The summed E-state index contributed by atoms with van der Waals surface area (Å²) >= 11 is 0. The number of hydrogen-bond donors (Lipinski definition) is 2. The SMILES string of the molecule is COC1CCCN(c2ccc(C(=N)N)cn2)C1. The lowest BCUT2D eigenvalue weighted by Gasteiger charge is -2.32. The number of ether oxygens (including phenoxy) is 1. The molecule has 17 heavy (non-hydrogen) atoms. The van der Waals surface area contributed by atoms with Gasteiger partial charge in [-0.3, -0.25) is 5.41 Å². The van der Waals surface area contributed by atoms with Crippen molar-refractivity contribution < 1.29 is 4.74 Å². The lowest BCUT2D eigenvalue weighted by atomic mass is 10.1. The highest BCUT2D eigenvalue weighted by molar-refractivity contribution is 5.94. The number of nitrogen functional groups attached to an aromatic ring is 1. The minimum atomic E-state index is 0.0532. The summed E-state index contributed by atoms with van der Waals surface area (Å²) in [5.41, 5.74) is 6.06. The van der Waals surface area contributed by atoms with E-state index in [0.29, 0.717) is 5.56 Å². The van der Waals surface area contributed by atoms with E-state index in [-0.39, 0.29) is 11.9 Å². The first kappa shape index (κ1) is 11.9. The van der Waals surface area contributed by atoms with Crippen LogP contribution in [0.25, 0.3) is 0 Å². The summed E-state index contributed by atoms with van der Waals surface area (Å²) in [5, 5.41) is 7.32. The number of amidine groups is 1. The van der Waals surface area contributed by atoms with Gasteiger partial charge in [0.2, 0.25) is 0 Å². The van der Waals surface area contributed by atoms with Gasteiger partial charge in [-0.15, -0.1) is 0 Å². The molecule has 1 fully saturated rings. The summed E-state index contributed by atoms with van der Waals surface area (Å²) in [4.78, 5) is 6.55. The van der Waals surface area contributed by atoms with Crippen molar-refractivity contribution in [1.29, 1.82) is 5.41 Å². The van der Waals surface area contributed by atoms with Gasteiger partial charge < -0.3 is 15.4 Å². The molecule has 1 atom stereocenters. The highest BCUT2D eigenvalue weighted by Gasteiger charge is 2.20. The lowest BCUT2D eigenvalue weighted by Crippen LogP contribution is -2.39. The molecule has 0 aromatic carbocycles. The molecule has 1 unspecified atom stereocenters. The number of methoxy groups -OCH3 is 1. The van der Waals surface area contributed by atoms with Gasteiger partial charge in [-0.1, -0.05) is 0 Å². The monoisotopic (exact) mass is 234 g/mol. The van der Waals surface area contributed by atoms with Crippen molar-refractivity contribution in [3.8, 4) is 0 Å². The van der Waals surface area contributed by atoms with Crippen LogP contribution in [0.15, 0.2) is 18.3 Å². The standard InChI is InChI=1S/C12H18N4O/c1-17-10-3-2-6-16(8-10)11-5-4-9(7-15-11)12(13)14/h4-5,7,10H,2-3,6,8H2,1H3,(H3,13,14). The summed E-state index contributed by atoms with van der Waals surface area (Å²) in [6, 6.07) is 3.75. The van der Waals surface area contributed by atoms with E-state index >= 15 is 0 Å². The van der Waals surface area contributed by atoms with Crippen molar-refractivity contribution in [2.24, 2.45) is 5.73 Å². The maximum Gasteiger partial charge on any atom is 0.128 e. The number of rotatable bonds is 3. The molecule has 0 saturated carbocycles. The third kappa shape index (κ3) is 2.74. The van der Waals surface area contributed by atoms with Gasteiger partial charge in [0.15, 0.2) is 0 Å². The van der Waals surface area contributed by atoms with Crippen LogP contribution < -0.4 is 10.6 Å². The zero-order valence-electron chi connectivity index (χ0n) is 10.0. The first-order chi connectivity index (χ1) is 8.20. The van der Waals surface area contributed by atoms with Crippen LogP contribution in [0.5, 0.6) is 0 Å². The van der Waals surface area contributed by atoms with Gasteiger partial charge >= 0.3 is 0 Å². The van der Waals surface area contributed by atoms with Crippen LogP contribution >= 0.6 is 0 Å². The minimum Gasteiger partial charge on any atom is -0.384 e. The second-order valence-electron chi connectivity index (χ2n) is 4.26. The average molecular weight is 234 g/mol. The summed E-state index contributed by atoms with van der Waals surface area (Å²) in [7, 11) is 1.75. The van der Waals surface area contributed by atoms with Gasteiger partial charge in [-0.25, -0.2) is 4.98 Å². The predicted molar refractivity (Wildman–Crippen MR) is 67.5 cm³/mol. The van der Waals surface area contributed by atoms with Gasteiger partial charge in [0, 0.05) is 32.0 Å². The first-order valence-electron chi connectivity index (χ1n) is 5.79. The second kappa shape index (κ2) is 5.14. The van der Waals surface area contributed by atoms with Gasteiger partial charge in [-0.05, 0) is 25.0 Å². The van der Waals surface area contributed by atoms with E-state index < -0.39 is 0 Å². The van der Waals surface area contributed by atoms with E-state index in [0.717, 1.165) is 31.7 Å². The van der Waals surface area contributed by atoms with E-state index in [2.05, 4.69) is 9.88 Å². The van der Waals surface area contributed by atoms with E-state index in [1.165, 1.54) is 0 Å². The number of pyridine rings is 1. The number of nitrogens with two attached hydrogens (primary N) is 1. The number of hydrogen-bond acceptors (Lipinski definition) is 4. The first-order valence-corrected chi connectivity index (χ1v) is 5.79. The predicted octanol–water partition coefficient (Wildman–Crippen LogP) is 0.981. The molecule has 92 valence electrons. The van der Waals surface area contributed by atoms with Crippen LogP contribution in [0.2, 0.25) is 0 Å². The van der Waals surface area contributed by atoms with Crippen molar-refractivity contribution in [1.82, 2.24) is 4.98 Å². The van der Waals surface area contributed by atoms with Crippen molar-refractivity contribution >= 4 is 11.7 Å². The maximum absolute atomic E-state index is 7.32. The van der Waals surface area contributed by atoms with Crippen molar-refractivity contribution in [2.75, 3.05) is 25.1 Å². The smallest absolute Gasteiger partial charge is 0.128 e. The topological polar surface area (TPSA) is 75.2 Å². The Morgan fingerprint density at radius 1 is 1.59 bits per heavy atom. The van der Waals surface area contributed by atoms with Crippen molar-refractivity contribution in [3.63, 3.8) is 0 Å². The fourth-order valence-electron chi connectivity index (χ4n) is 2.07. The third-order valence-electron chi connectivity index (χ3n) is 3.09. The number of aromatic nitrogens is 1. The maximum atomic E-state index is 7.32. The molecule has 5 nitrogen and oxygen atoms in total. The fraction of sp³-hybridized carbons (Fsp3) is 0.500. The third-order valence-corrected chi connectivity index (χ3v) is 3.09. The molecule has 2 rings (SSSR count). The minimum absolute atomic E-state index is 0.0532. The zero-order chi connectivity index (χ0) is 12.3. The van der Waals surface area contributed by atoms with E-state index in [4.69, 9.17) is 15.9 Å². The lowest BCUT2D eigenvalue weighted by molar-refractivity contribution is 0.0891. The molecule has 0 bridgehead atoms. The summed E-state index contributed by atoms with van der Waals surface area (Å²) in [6.45, 7) is 1.88. The Kier molecular flexibility index (Phi) is 3.58. The van der Waals surface area contributed by atoms with E-state index in [1.807, 2.05) is 12.1 Å². The van der Waals surface area contributed by atoms with E-state index in [9.17, 15) is 0 Å². The number of anilines is 1. The normalized spacial score (nSPS) is 20.3. The quantitative estimate of drug-likeness (QED) is 0.604. The fourth-order valence-corrected chi connectivity index (χ4v) is 2.07. The summed E-state index contributed by atoms with van der Waals surface area (Å²) in [6.07, 6.45) is 4.17. The molecule has 1 aromatic rings. The van der Waals surface area contributed by atoms with Crippen molar-refractivity contribution in [2.45, 2.75) is 18.9 Å². The molecule has 1 aliphatic heterocycles. The Morgan fingerprint density at radius 3 is 3.00 bits per heavy atom. The second-order valence-corrected chi connectivity index (χ2v) is 4.26. The highest BCUT2D eigenvalue weighted by Crippen LogP contribution is 2.19. The van der Waals surface area contributed by atoms with Gasteiger partial charge in [0.25, 0.3) is 0 Å². The Hall–Kier alpha value is -1.62. The Bertz CT molecular complexity index is 390. The molecule has 0 spiro atoms. The van der Waals surface area contributed by atoms with Crippen LogP contribution in [0.3, 0.4) is 0 Å². The number of nitrogens with zero attached hydrogens (tertiary/aromatic N) is 2. The molecule has 3 N–H and O–H groups in total. The number of piperidine rings is 1. The molecule has 1 saturated heterocycles. The average Bonchev–Trinajstić information content (AvgIpc) is 2.39. The molecule has 5 heteroatoms. The molecule has 1 aliphatic rings. The Balaban J connectivity index is 2.08. The van der Waals surface area contributed by atoms with Crippen LogP contribution in [-0.2, 0) is 4.74 Å². The van der Waals surface area contributed by atoms with Crippen molar-refractivity contribution in [3.05, 3.63) is 23.9 Å².